The van der Waals surface area contributed by atoms with E-state index in [2.05, 4.69) is 10.3 Å². The first kappa shape index (κ1) is 16.1. The number of nitrogens with one attached hydrogen (secondary N) is 1. The minimum Gasteiger partial charge on any atom is -0.368 e. The summed E-state index contributed by atoms with van der Waals surface area (Å²) in [6.45, 7) is 4.57. The van der Waals surface area contributed by atoms with Crippen LogP contribution in [0.15, 0.2) is 18.3 Å². The van der Waals surface area contributed by atoms with Gasteiger partial charge in [0.25, 0.3) is 0 Å². The molecule has 1 aromatic rings. The molecular formula is C13H19F3N2S. The minimum absolute atomic E-state index is 0.0552. The van der Waals surface area contributed by atoms with Gasteiger partial charge >= 0.3 is 6.18 Å². The van der Waals surface area contributed by atoms with E-state index in [1.54, 1.807) is 11.8 Å². The molecule has 0 aliphatic rings. The molecular weight excluding hydrogens is 273 g/mol. The van der Waals surface area contributed by atoms with E-state index in [4.69, 9.17) is 0 Å². The molecule has 0 aliphatic heterocycles. The molecule has 0 spiro atoms. The average Bonchev–Trinajstić information content (AvgIpc) is 2.40. The molecule has 0 aromatic carbocycles. The zero-order valence-corrected chi connectivity index (χ0v) is 12.2. The second-order valence-corrected chi connectivity index (χ2v) is 5.62. The molecule has 6 heteroatoms. The Kier molecular flexibility index (Phi) is 5.52. The summed E-state index contributed by atoms with van der Waals surface area (Å²) in [5.41, 5.74) is -0.711. The van der Waals surface area contributed by atoms with Crippen molar-refractivity contribution in [3.63, 3.8) is 0 Å². The maximum Gasteiger partial charge on any atom is 0.419 e. The number of anilines is 1. The lowest BCUT2D eigenvalue weighted by Gasteiger charge is -2.30. The van der Waals surface area contributed by atoms with Crippen LogP contribution in [0.4, 0.5) is 19.0 Å². The van der Waals surface area contributed by atoms with Gasteiger partial charge in [-0.2, -0.15) is 24.9 Å². The van der Waals surface area contributed by atoms with Crippen LogP contribution in [0.5, 0.6) is 0 Å². The average molecular weight is 292 g/mol. The van der Waals surface area contributed by atoms with Crippen molar-refractivity contribution in [2.45, 2.75) is 37.6 Å². The van der Waals surface area contributed by atoms with Gasteiger partial charge in [-0.15, -0.1) is 0 Å². The predicted octanol–water partition coefficient (Wildman–Crippen LogP) is 4.43. The number of rotatable bonds is 6. The molecule has 108 valence electrons. The monoisotopic (exact) mass is 292 g/mol. The van der Waals surface area contributed by atoms with Gasteiger partial charge in [0.1, 0.15) is 5.82 Å². The highest BCUT2D eigenvalue weighted by molar-refractivity contribution is 8.00. The highest BCUT2D eigenvalue weighted by atomic mass is 32.2. The third-order valence-corrected chi connectivity index (χ3v) is 5.00. The highest BCUT2D eigenvalue weighted by Crippen LogP contribution is 2.35. The smallest absolute Gasteiger partial charge is 0.368 e. The fourth-order valence-corrected chi connectivity index (χ4v) is 2.67. The van der Waals surface area contributed by atoms with Crippen molar-refractivity contribution in [1.29, 1.82) is 0 Å². The first-order valence-electron chi connectivity index (χ1n) is 6.19. The molecule has 0 atom stereocenters. The molecule has 19 heavy (non-hydrogen) atoms. The summed E-state index contributed by atoms with van der Waals surface area (Å²) in [7, 11) is 0. The molecule has 0 saturated heterocycles. The Morgan fingerprint density at radius 1 is 1.26 bits per heavy atom. The zero-order chi connectivity index (χ0) is 14.5. The van der Waals surface area contributed by atoms with Gasteiger partial charge in [-0.1, -0.05) is 13.8 Å². The van der Waals surface area contributed by atoms with E-state index < -0.39 is 11.7 Å². The van der Waals surface area contributed by atoms with Crippen LogP contribution in [-0.4, -0.2) is 22.5 Å². The quantitative estimate of drug-likeness (QED) is 0.839. The molecule has 0 radical (unpaired) electrons. The summed E-state index contributed by atoms with van der Waals surface area (Å²) < 4.78 is 38.4. The largest absolute Gasteiger partial charge is 0.419 e. The number of aromatic nitrogens is 1. The lowest BCUT2D eigenvalue weighted by Crippen LogP contribution is -2.32. The number of hydrogen-bond acceptors (Lipinski definition) is 3. The number of halogens is 3. The Hall–Kier alpha value is -0.910. The summed E-state index contributed by atoms with van der Waals surface area (Å²) in [4.78, 5) is 3.81. The van der Waals surface area contributed by atoms with Crippen molar-refractivity contribution < 1.29 is 13.2 Å². The van der Waals surface area contributed by atoms with Gasteiger partial charge in [0.05, 0.1) is 5.56 Å². The van der Waals surface area contributed by atoms with Crippen LogP contribution >= 0.6 is 11.8 Å². The van der Waals surface area contributed by atoms with Crippen molar-refractivity contribution in [3.8, 4) is 0 Å². The molecule has 0 aliphatic carbocycles. The number of thioether (sulfide) groups is 1. The zero-order valence-electron chi connectivity index (χ0n) is 11.3. The predicted molar refractivity (Wildman–Crippen MR) is 74.6 cm³/mol. The number of nitrogens with zero attached hydrogens (tertiary/aromatic N) is 1. The molecule has 1 rings (SSSR count). The SMILES string of the molecule is CCC(CC)(CNc1ncccc1C(F)(F)F)SC. The fourth-order valence-electron chi connectivity index (χ4n) is 1.88. The Bertz CT molecular complexity index is 395. The van der Waals surface area contributed by atoms with Gasteiger partial charge in [-0.25, -0.2) is 4.98 Å². The van der Waals surface area contributed by atoms with Gasteiger partial charge in [0.2, 0.25) is 0 Å². The summed E-state index contributed by atoms with van der Waals surface area (Å²) in [5, 5.41) is 2.86. The van der Waals surface area contributed by atoms with E-state index in [9.17, 15) is 13.2 Å². The Morgan fingerprint density at radius 2 is 1.89 bits per heavy atom. The van der Waals surface area contributed by atoms with E-state index in [-0.39, 0.29) is 10.6 Å². The van der Waals surface area contributed by atoms with Crippen molar-refractivity contribution in [2.75, 3.05) is 18.1 Å². The van der Waals surface area contributed by atoms with Gasteiger partial charge in [-0.05, 0) is 31.2 Å². The standard InChI is InChI=1S/C13H19F3N2S/c1-4-12(5-2,19-3)9-18-11-10(13(14,15)16)7-6-8-17-11/h6-8H,4-5,9H2,1-3H3,(H,17,18). The number of alkyl halides is 3. The molecule has 0 unspecified atom stereocenters. The van der Waals surface area contributed by atoms with E-state index in [0.717, 1.165) is 18.9 Å². The topological polar surface area (TPSA) is 24.9 Å². The first-order chi connectivity index (χ1) is 8.88. The normalized spacial score (nSPS) is 12.5. The van der Waals surface area contributed by atoms with Crippen LogP contribution in [0, 0.1) is 0 Å². The molecule has 0 amide bonds. The van der Waals surface area contributed by atoms with Crippen LogP contribution in [0.2, 0.25) is 0 Å². The van der Waals surface area contributed by atoms with Crippen LogP contribution in [0.1, 0.15) is 32.3 Å². The van der Waals surface area contributed by atoms with Crippen LogP contribution in [0.3, 0.4) is 0 Å². The second kappa shape index (κ2) is 6.50. The summed E-state index contributed by atoms with van der Waals surface area (Å²) >= 11 is 1.68. The van der Waals surface area contributed by atoms with Crippen molar-refractivity contribution in [3.05, 3.63) is 23.9 Å². The van der Waals surface area contributed by atoms with Crippen molar-refractivity contribution in [1.82, 2.24) is 4.98 Å². The summed E-state index contributed by atoms with van der Waals surface area (Å²) in [6.07, 6.45) is 0.767. The molecule has 2 nitrogen and oxygen atoms in total. The lowest BCUT2D eigenvalue weighted by atomic mass is 10.0. The summed E-state index contributed by atoms with van der Waals surface area (Å²) in [5.74, 6) is -0.0877. The number of pyridine rings is 1. The van der Waals surface area contributed by atoms with Crippen LogP contribution in [-0.2, 0) is 6.18 Å². The minimum atomic E-state index is -4.38. The van der Waals surface area contributed by atoms with Gasteiger partial charge in [-0.3, -0.25) is 0 Å². The molecule has 1 aromatic heterocycles. The van der Waals surface area contributed by atoms with E-state index >= 15 is 0 Å². The van der Waals surface area contributed by atoms with E-state index in [0.29, 0.717) is 6.54 Å². The molecule has 1 heterocycles. The van der Waals surface area contributed by atoms with E-state index in [1.165, 1.54) is 12.3 Å². The molecule has 0 bridgehead atoms. The third kappa shape index (κ3) is 4.03. The fraction of sp³-hybridized carbons (Fsp3) is 0.615. The molecule has 0 fully saturated rings. The van der Waals surface area contributed by atoms with Crippen molar-refractivity contribution in [2.24, 2.45) is 0 Å². The van der Waals surface area contributed by atoms with E-state index in [1.807, 2.05) is 20.1 Å². The lowest BCUT2D eigenvalue weighted by molar-refractivity contribution is -0.137. The maximum atomic E-state index is 12.8. The highest BCUT2D eigenvalue weighted by Gasteiger charge is 2.34. The summed E-state index contributed by atoms with van der Waals surface area (Å²) in [6, 6.07) is 2.35. The maximum absolute atomic E-state index is 12.8. The van der Waals surface area contributed by atoms with Gasteiger partial charge < -0.3 is 5.32 Å². The molecule has 1 N–H and O–H groups in total. The van der Waals surface area contributed by atoms with Crippen LogP contribution < -0.4 is 5.32 Å². The molecule has 0 saturated carbocycles. The number of hydrogen-bond donors (Lipinski definition) is 1. The Balaban J connectivity index is 2.89. The van der Waals surface area contributed by atoms with Gasteiger partial charge in [0.15, 0.2) is 0 Å². The third-order valence-electron chi connectivity index (χ3n) is 3.41. The Morgan fingerprint density at radius 3 is 2.37 bits per heavy atom. The second-order valence-electron chi connectivity index (χ2n) is 4.35. The Labute approximate surface area is 116 Å². The van der Waals surface area contributed by atoms with Crippen molar-refractivity contribution >= 4 is 17.6 Å². The van der Waals surface area contributed by atoms with Gasteiger partial charge in [0, 0.05) is 17.5 Å². The van der Waals surface area contributed by atoms with Crippen LogP contribution in [0.25, 0.3) is 0 Å². The first-order valence-corrected chi connectivity index (χ1v) is 7.42.